The monoisotopic (exact) mass is 250 g/mol. The molecule has 0 N–H and O–H groups in total. The molecule has 0 aliphatic heterocycles. The first-order chi connectivity index (χ1) is 7.72. The van der Waals surface area contributed by atoms with E-state index in [2.05, 4.69) is 29.0 Å². The van der Waals surface area contributed by atoms with Gasteiger partial charge in [0.1, 0.15) is 11.2 Å². The van der Waals surface area contributed by atoms with Gasteiger partial charge in [0.15, 0.2) is 10.8 Å². The second-order valence-electron chi connectivity index (χ2n) is 3.59. The molecule has 0 saturated carbocycles. The van der Waals surface area contributed by atoms with Crippen LogP contribution in [0.5, 0.6) is 0 Å². The van der Waals surface area contributed by atoms with Gasteiger partial charge >= 0.3 is 0 Å². The molecule has 0 saturated heterocycles. The van der Waals surface area contributed by atoms with Crippen LogP contribution in [-0.2, 0) is 0 Å². The van der Waals surface area contributed by atoms with Crippen LogP contribution >= 0.6 is 23.1 Å². The Morgan fingerprint density at radius 3 is 2.94 bits per heavy atom. The molecule has 3 aromatic rings. The van der Waals surface area contributed by atoms with E-state index in [4.69, 9.17) is 0 Å². The van der Waals surface area contributed by atoms with E-state index < -0.39 is 0 Å². The summed E-state index contributed by atoms with van der Waals surface area (Å²) >= 11 is 3.33. The van der Waals surface area contributed by atoms with Crippen molar-refractivity contribution in [3.8, 4) is 0 Å². The maximum Gasteiger partial charge on any atom is 0.176 e. The number of hydrogen-bond donors (Lipinski definition) is 0. The Morgan fingerprint density at radius 1 is 1.38 bits per heavy atom. The van der Waals surface area contributed by atoms with Gasteiger partial charge in [-0.15, -0.1) is 21.5 Å². The first kappa shape index (κ1) is 10.0. The number of rotatable bonds is 1. The van der Waals surface area contributed by atoms with Crippen LogP contribution in [0.2, 0.25) is 0 Å². The van der Waals surface area contributed by atoms with Gasteiger partial charge in [0, 0.05) is 4.88 Å². The van der Waals surface area contributed by atoms with E-state index in [-0.39, 0.29) is 0 Å². The number of hydrogen-bond acceptors (Lipinski definition) is 5. The first-order valence-electron chi connectivity index (χ1n) is 4.86. The van der Waals surface area contributed by atoms with Gasteiger partial charge < -0.3 is 0 Å². The van der Waals surface area contributed by atoms with Crippen LogP contribution in [0.3, 0.4) is 0 Å². The zero-order valence-corrected chi connectivity index (χ0v) is 10.8. The highest BCUT2D eigenvalue weighted by Crippen LogP contribution is 2.32. The third kappa shape index (κ3) is 1.20. The van der Waals surface area contributed by atoms with Gasteiger partial charge in [-0.3, -0.25) is 4.40 Å². The summed E-state index contributed by atoms with van der Waals surface area (Å²) in [5.41, 5.74) is 2.18. The average Bonchev–Trinajstić information content (AvgIpc) is 2.84. The van der Waals surface area contributed by atoms with E-state index in [1.807, 2.05) is 10.7 Å². The molecule has 16 heavy (non-hydrogen) atoms. The fourth-order valence-electron chi connectivity index (χ4n) is 1.78. The Morgan fingerprint density at radius 2 is 2.19 bits per heavy atom. The lowest BCUT2D eigenvalue weighted by atomic mass is 10.2. The molecule has 3 aromatic heterocycles. The van der Waals surface area contributed by atoms with Gasteiger partial charge in [0.2, 0.25) is 0 Å². The Bertz CT molecular complexity index is 683. The van der Waals surface area contributed by atoms with Crippen molar-refractivity contribution in [2.24, 2.45) is 0 Å². The van der Waals surface area contributed by atoms with Crippen molar-refractivity contribution in [2.75, 3.05) is 6.26 Å². The Labute approximate surface area is 101 Å². The number of fused-ring (bicyclic) bond motifs is 3. The maximum atomic E-state index is 4.64. The maximum absolute atomic E-state index is 4.64. The number of nitrogens with zero attached hydrogens (tertiary/aromatic N) is 4. The van der Waals surface area contributed by atoms with Gasteiger partial charge in [0.05, 0.1) is 5.39 Å². The minimum absolute atomic E-state index is 0.913. The van der Waals surface area contributed by atoms with Crippen molar-refractivity contribution >= 4 is 39.0 Å². The summed E-state index contributed by atoms with van der Waals surface area (Å²) in [6.45, 7) is 4.23. The van der Waals surface area contributed by atoms with Crippen molar-refractivity contribution in [1.82, 2.24) is 19.6 Å². The van der Waals surface area contributed by atoms with Crippen molar-refractivity contribution in [2.45, 2.75) is 19.0 Å². The highest BCUT2D eigenvalue weighted by Gasteiger charge is 2.14. The van der Waals surface area contributed by atoms with Crippen LogP contribution in [0.1, 0.15) is 10.4 Å². The fourth-order valence-corrected chi connectivity index (χ4v) is 3.38. The summed E-state index contributed by atoms with van der Waals surface area (Å²) < 4.78 is 1.95. The summed E-state index contributed by atoms with van der Waals surface area (Å²) in [6, 6.07) is 0. The molecular formula is C10H10N4S2. The van der Waals surface area contributed by atoms with Crippen molar-refractivity contribution in [3.05, 3.63) is 16.8 Å². The predicted molar refractivity (Wildman–Crippen MR) is 67.4 cm³/mol. The minimum atomic E-state index is 0.913. The van der Waals surface area contributed by atoms with E-state index in [0.29, 0.717) is 0 Å². The van der Waals surface area contributed by atoms with E-state index >= 15 is 0 Å². The molecule has 0 unspecified atom stereocenters. The molecule has 0 bridgehead atoms. The van der Waals surface area contributed by atoms with Crippen LogP contribution in [-0.4, -0.2) is 25.8 Å². The van der Waals surface area contributed by atoms with E-state index in [0.717, 1.165) is 21.0 Å². The van der Waals surface area contributed by atoms with E-state index in [1.165, 1.54) is 10.4 Å². The first-order valence-corrected chi connectivity index (χ1v) is 6.90. The number of aromatic nitrogens is 4. The molecule has 4 nitrogen and oxygen atoms in total. The smallest absolute Gasteiger partial charge is 0.176 e. The molecule has 0 radical (unpaired) electrons. The molecule has 6 heteroatoms. The molecule has 0 aliphatic carbocycles. The molecule has 0 aromatic carbocycles. The molecule has 82 valence electrons. The normalized spacial score (nSPS) is 11.7. The number of thioether (sulfide) groups is 1. The lowest BCUT2D eigenvalue weighted by Crippen LogP contribution is -1.93. The fraction of sp³-hybridized carbons (Fsp3) is 0.300. The van der Waals surface area contributed by atoms with Gasteiger partial charge in [-0.2, -0.15) is 0 Å². The Kier molecular flexibility index (Phi) is 2.15. The third-order valence-electron chi connectivity index (χ3n) is 2.72. The Hall–Kier alpha value is -1.14. The predicted octanol–water partition coefficient (Wildman–Crippen LogP) is 2.68. The molecule has 3 rings (SSSR count). The Balaban J connectivity index is 2.59. The van der Waals surface area contributed by atoms with Crippen LogP contribution in [0.25, 0.3) is 15.9 Å². The second kappa shape index (κ2) is 3.43. The largest absolute Gasteiger partial charge is 0.259 e. The van der Waals surface area contributed by atoms with Crippen LogP contribution in [0, 0.1) is 13.8 Å². The molecule has 0 amide bonds. The minimum Gasteiger partial charge on any atom is -0.259 e. The summed E-state index contributed by atoms with van der Waals surface area (Å²) in [7, 11) is 0. The van der Waals surface area contributed by atoms with Gasteiger partial charge in [0.25, 0.3) is 0 Å². The standard InChI is InChI=1S/C10H10N4S2/c1-5-6(2)16-9-7(5)8-13-11-4-14(8)10(12-9)15-3/h4H,1-3H3. The van der Waals surface area contributed by atoms with Crippen molar-refractivity contribution in [3.63, 3.8) is 0 Å². The summed E-state index contributed by atoms with van der Waals surface area (Å²) in [5, 5.41) is 10.2. The zero-order chi connectivity index (χ0) is 11.3. The second-order valence-corrected chi connectivity index (χ2v) is 5.56. The van der Waals surface area contributed by atoms with Gasteiger partial charge in [-0.1, -0.05) is 11.8 Å². The summed E-state index contributed by atoms with van der Waals surface area (Å²) in [5.74, 6) is 0. The van der Waals surface area contributed by atoms with Crippen LogP contribution < -0.4 is 0 Å². The topological polar surface area (TPSA) is 43.1 Å². The summed E-state index contributed by atoms with van der Waals surface area (Å²) in [4.78, 5) is 6.99. The van der Waals surface area contributed by atoms with Crippen LogP contribution in [0.15, 0.2) is 11.5 Å². The lowest BCUT2D eigenvalue weighted by Gasteiger charge is -2.01. The van der Waals surface area contributed by atoms with Gasteiger partial charge in [-0.25, -0.2) is 4.98 Å². The number of thiophene rings is 1. The molecule has 0 spiro atoms. The number of aryl methyl sites for hydroxylation is 2. The molecular weight excluding hydrogens is 240 g/mol. The lowest BCUT2D eigenvalue weighted by molar-refractivity contribution is 0.926. The van der Waals surface area contributed by atoms with E-state index in [1.54, 1.807) is 29.4 Å². The highest BCUT2D eigenvalue weighted by molar-refractivity contribution is 7.98. The van der Waals surface area contributed by atoms with Crippen molar-refractivity contribution < 1.29 is 0 Å². The van der Waals surface area contributed by atoms with E-state index in [9.17, 15) is 0 Å². The average molecular weight is 250 g/mol. The zero-order valence-electron chi connectivity index (χ0n) is 9.18. The van der Waals surface area contributed by atoms with Crippen LogP contribution in [0.4, 0.5) is 0 Å². The molecule has 3 heterocycles. The molecule has 0 fully saturated rings. The molecule has 0 atom stereocenters. The highest BCUT2D eigenvalue weighted by atomic mass is 32.2. The SMILES string of the molecule is CSc1nc2sc(C)c(C)c2c2nncn12. The summed E-state index contributed by atoms with van der Waals surface area (Å²) in [6.07, 6.45) is 3.74. The quantitative estimate of drug-likeness (QED) is 0.492. The third-order valence-corrected chi connectivity index (χ3v) is 4.48. The van der Waals surface area contributed by atoms with Crippen molar-refractivity contribution in [1.29, 1.82) is 0 Å². The van der Waals surface area contributed by atoms with Gasteiger partial charge in [-0.05, 0) is 25.7 Å². The molecule has 0 aliphatic rings.